The lowest BCUT2D eigenvalue weighted by Gasteiger charge is -2.11. The van der Waals surface area contributed by atoms with Crippen molar-refractivity contribution in [2.45, 2.75) is 0 Å². The fourth-order valence-electron chi connectivity index (χ4n) is 1.98. The standard InChI is InChI=1S/C13H9BrN4S/c14-8-5-17-18(7-8)12-9-3-1-2-4-11(9)16-6-10(12)13(15)19/h1-7H,(H2,15,19). The van der Waals surface area contributed by atoms with Gasteiger partial charge in [-0.3, -0.25) is 4.98 Å². The molecule has 0 aliphatic heterocycles. The highest BCUT2D eigenvalue weighted by Gasteiger charge is 2.13. The van der Waals surface area contributed by atoms with Crippen LogP contribution in [0, 0.1) is 0 Å². The molecule has 0 amide bonds. The Morgan fingerprint density at radius 3 is 2.74 bits per heavy atom. The van der Waals surface area contributed by atoms with Gasteiger partial charge in [0.1, 0.15) is 4.99 Å². The maximum absolute atomic E-state index is 5.79. The Hall–Kier alpha value is -1.79. The van der Waals surface area contributed by atoms with Crippen LogP contribution in [0.2, 0.25) is 0 Å². The van der Waals surface area contributed by atoms with E-state index in [1.165, 1.54) is 0 Å². The van der Waals surface area contributed by atoms with Crippen molar-refractivity contribution in [3.05, 3.63) is 52.9 Å². The van der Waals surface area contributed by atoms with Gasteiger partial charge in [0.15, 0.2) is 0 Å². The van der Waals surface area contributed by atoms with Gasteiger partial charge in [0, 0.05) is 17.8 Å². The van der Waals surface area contributed by atoms with Crippen molar-refractivity contribution < 1.29 is 0 Å². The second-order valence-electron chi connectivity index (χ2n) is 4.01. The van der Waals surface area contributed by atoms with Crippen LogP contribution in [0.5, 0.6) is 0 Å². The average molecular weight is 333 g/mol. The van der Waals surface area contributed by atoms with Gasteiger partial charge < -0.3 is 5.73 Å². The van der Waals surface area contributed by atoms with E-state index in [0.717, 1.165) is 21.1 Å². The van der Waals surface area contributed by atoms with E-state index in [0.29, 0.717) is 10.6 Å². The molecule has 0 saturated heterocycles. The van der Waals surface area contributed by atoms with Crippen LogP contribution in [0.3, 0.4) is 0 Å². The first-order valence-electron chi connectivity index (χ1n) is 5.55. The van der Waals surface area contributed by atoms with E-state index < -0.39 is 0 Å². The first-order chi connectivity index (χ1) is 9.16. The van der Waals surface area contributed by atoms with Crippen LogP contribution in [0.15, 0.2) is 47.3 Å². The molecule has 0 atom stereocenters. The smallest absolute Gasteiger partial charge is 0.107 e. The highest BCUT2D eigenvalue weighted by molar-refractivity contribution is 9.10. The first kappa shape index (κ1) is 12.3. The SMILES string of the molecule is NC(=S)c1cnc2ccccc2c1-n1cc(Br)cn1. The van der Waals surface area contributed by atoms with E-state index in [9.17, 15) is 0 Å². The van der Waals surface area contributed by atoms with Gasteiger partial charge in [0.05, 0.1) is 27.4 Å². The van der Waals surface area contributed by atoms with Crippen molar-refractivity contribution in [1.29, 1.82) is 0 Å². The highest BCUT2D eigenvalue weighted by Crippen LogP contribution is 2.25. The largest absolute Gasteiger partial charge is 0.389 e. The summed E-state index contributed by atoms with van der Waals surface area (Å²) in [6, 6.07) is 7.82. The molecule has 4 nitrogen and oxygen atoms in total. The molecule has 6 heteroatoms. The van der Waals surface area contributed by atoms with E-state index in [1.54, 1.807) is 17.1 Å². The third-order valence-corrected chi connectivity index (χ3v) is 3.42. The predicted molar refractivity (Wildman–Crippen MR) is 82.5 cm³/mol. The molecule has 3 rings (SSSR count). The molecular formula is C13H9BrN4S. The minimum atomic E-state index is 0.305. The molecule has 2 heterocycles. The third-order valence-electron chi connectivity index (χ3n) is 2.79. The van der Waals surface area contributed by atoms with Gasteiger partial charge in [-0.15, -0.1) is 0 Å². The number of para-hydroxylation sites is 1. The summed E-state index contributed by atoms with van der Waals surface area (Å²) in [6.45, 7) is 0. The molecule has 0 spiro atoms. The minimum Gasteiger partial charge on any atom is -0.389 e. The Balaban J connectivity index is 2.41. The predicted octanol–water partition coefficient (Wildman–Crippen LogP) is 2.82. The number of fused-ring (bicyclic) bond motifs is 1. The van der Waals surface area contributed by atoms with Gasteiger partial charge in [-0.05, 0) is 22.0 Å². The second-order valence-corrected chi connectivity index (χ2v) is 5.36. The van der Waals surface area contributed by atoms with Crippen molar-refractivity contribution in [3.8, 4) is 5.69 Å². The summed E-state index contributed by atoms with van der Waals surface area (Å²) in [4.78, 5) is 4.68. The van der Waals surface area contributed by atoms with Gasteiger partial charge in [-0.25, -0.2) is 4.68 Å². The number of rotatable bonds is 2. The Bertz CT molecular complexity index is 781. The summed E-state index contributed by atoms with van der Waals surface area (Å²) < 4.78 is 2.64. The van der Waals surface area contributed by atoms with Crippen molar-refractivity contribution in [2.24, 2.45) is 5.73 Å². The zero-order valence-corrected chi connectivity index (χ0v) is 12.1. The fraction of sp³-hybridized carbons (Fsp3) is 0. The summed E-state index contributed by atoms with van der Waals surface area (Å²) >= 11 is 8.50. The van der Waals surface area contributed by atoms with Gasteiger partial charge in [0.25, 0.3) is 0 Å². The maximum atomic E-state index is 5.79. The molecular weight excluding hydrogens is 324 g/mol. The van der Waals surface area contributed by atoms with Crippen molar-refractivity contribution in [1.82, 2.24) is 14.8 Å². The Kier molecular flexibility index (Phi) is 3.04. The summed E-state index contributed by atoms with van der Waals surface area (Å²) in [7, 11) is 0. The molecule has 3 aromatic rings. The molecule has 0 unspecified atom stereocenters. The number of thiocarbonyl (C=S) groups is 1. The number of nitrogens with zero attached hydrogens (tertiary/aromatic N) is 3. The molecule has 0 radical (unpaired) electrons. The van der Waals surface area contributed by atoms with E-state index in [4.69, 9.17) is 18.0 Å². The monoisotopic (exact) mass is 332 g/mol. The van der Waals surface area contributed by atoms with Crippen LogP contribution in [0.4, 0.5) is 0 Å². The quantitative estimate of drug-likeness (QED) is 0.733. The average Bonchev–Trinajstić information content (AvgIpc) is 2.83. The molecule has 94 valence electrons. The van der Waals surface area contributed by atoms with E-state index in [1.807, 2.05) is 30.5 Å². The summed E-state index contributed by atoms with van der Waals surface area (Å²) in [5.41, 5.74) is 8.23. The zero-order chi connectivity index (χ0) is 13.4. The number of hydrogen-bond donors (Lipinski definition) is 1. The lowest BCUT2D eigenvalue weighted by atomic mass is 10.1. The third kappa shape index (κ3) is 2.13. The van der Waals surface area contributed by atoms with Crippen LogP contribution in [-0.4, -0.2) is 19.8 Å². The Morgan fingerprint density at radius 2 is 2.05 bits per heavy atom. The van der Waals surface area contributed by atoms with E-state index in [2.05, 4.69) is 26.0 Å². The molecule has 2 N–H and O–H groups in total. The number of pyridine rings is 1. The molecule has 19 heavy (non-hydrogen) atoms. The molecule has 2 aromatic heterocycles. The van der Waals surface area contributed by atoms with E-state index in [-0.39, 0.29) is 0 Å². The first-order valence-corrected chi connectivity index (χ1v) is 6.75. The normalized spacial score (nSPS) is 10.8. The fourth-order valence-corrected chi connectivity index (χ4v) is 2.41. The van der Waals surface area contributed by atoms with Crippen LogP contribution in [0.25, 0.3) is 16.6 Å². The van der Waals surface area contributed by atoms with E-state index >= 15 is 0 Å². The van der Waals surface area contributed by atoms with Crippen molar-refractivity contribution in [3.63, 3.8) is 0 Å². The summed E-state index contributed by atoms with van der Waals surface area (Å²) in [5, 5.41) is 5.27. The Morgan fingerprint density at radius 1 is 1.26 bits per heavy atom. The summed E-state index contributed by atoms with van der Waals surface area (Å²) in [5.74, 6) is 0. The molecule has 0 bridgehead atoms. The summed E-state index contributed by atoms with van der Waals surface area (Å²) in [6.07, 6.45) is 5.28. The number of aromatic nitrogens is 3. The molecule has 0 aliphatic carbocycles. The highest BCUT2D eigenvalue weighted by atomic mass is 79.9. The molecule has 1 aromatic carbocycles. The minimum absolute atomic E-state index is 0.305. The number of halogens is 1. The van der Waals surface area contributed by atoms with Gasteiger partial charge in [-0.2, -0.15) is 5.10 Å². The maximum Gasteiger partial charge on any atom is 0.107 e. The van der Waals surface area contributed by atoms with Crippen LogP contribution in [-0.2, 0) is 0 Å². The topological polar surface area (TPSA) is 56.7 Å². The Labute approximate surface area is 123 Å². The number of hydrogen-bond acceptors (Lipinski definition) is 3. The lowest BCUT2D eigenvalue weighted by molar-refractivity contribution is 0.884. The van der Waals surface area contributed by atoms with Gasteiger partial charge >= 0.3 is 0 Å². The van der Waals surface area contributed by atoms with Crippen LogP contribution >= 0.6 is 28.1 Å². The molecule has 0 aliphatic rings. The molecule has 0 saturated carbocycles. The number of benzene rings is 1. The van der Waals surface area contributed by atoms with Crippen molar-refractivity contribution in [2.75, 3.05) is 0 Å². The second kappa shape index (κ2) is 4.71. The van der Waals surface area contributed by atoms with Gasteiger partial charge in [0.2, 0.25) is 0 Å². The zero-order valence-electron chi connectivity index (χ0n) is 9.75. The lowest BCUT2D eigenvalue weighted by Crippen LogP contribution is -2.14. The van der Waals surface area contributed by atoms with Crippen molar-refractivity contribution >= 4 is 44.0 Å². The van der Waals surface area contributed by atoms with Gasteiger partial charge in [-0.1, -0.05) is 30.4 Å². The van der Waals surface area contributed by atoms with Crippen LogP contribution < -0.4 is 5.73 Å². The molecule has 0 fully saturated rings. The van der Waals surface area contributed by atoms with Crippen LogP contribution in [0.1, 0.15) is 5.56 Å². The number of nitrogens with two attached hydrogens (primary N) is 1.